The summed E-state index contributed by atoms with van der Waals surface area (Å²) < 4.78 is 38.8. The van der Waals surface area contributed by atoms with Crippen molar-refractivity contribution in [3.63, 3.8) is 0 Å². The average molecular weight is 560 g/mol. The molecular formula is C25H19Cl2N3O6S. The van der Waals surface area contributed by atoms with E-state index in [2.05, 4.69) is 15.5 Å². The highest BCUT2D eigenvalue weighted by Gasteiger charge is 2.22. The standard InChI is InChI=1S/C25H19Cl2N3O6S/c1-13-9-15(26)11-20(24(13)37(33,34)35)29-30-22-17-6-4-3-5-14(17)10-18(23(22)31)25(32)28-16-7-8-19(27)21(12-16)36-2/h3-12,31H,1-2H3,(H,28,32)(H,33,34,35). The Morgan fingerprint density at radius 1 is 1.03 bits per heavy atom. The third-order valence-corrected chi connectivity index (χ3v) is 6.96. The molecular weight excluding hydrogens is 541 g/mol. The minimum absolute atomic E-state index is 0.0872. The van der Waals surface area contributed by atoms with Gasteiger partial charge in [0.05, 0.1) is 17.7 Å². The molecule has 190 valence electrons. The first-order valence-electron chi connectivity index (χ1n) is 10.6. The van der Waals surface area contributed by atoms with Crippen molar-refractivity contribution >= 4 is 67.1 Å². The first-order chi connectivity index (χ1) is 17.5. The number of benzene rings is 4. The number of nitrogens with one attached hydrogen (secondary N) is 1. The van der Waals surface area contributed by atoms with E-state index in [0.29, 0.717) is 27.2 Å². The second kappa shape index (κ2) is 10.3. The summed E-state index contributed by atoms with van der Waals surface area (Å²) in [4.78, 5) is 12.6. The Kier molecular flexibility index (Phi) is 7.37. The molecule has 0 aliphatic heterocycles. The van der Waals surface area contributed by atoms with Gasteiger partial charge in [-0.2, -0.15) is 8.42 Å². The van der Waals surface area contributed by atoms with E-state index in [1.807, 2.05) is 0 Å². The molecule has 0 unspecified atom stereocenters. The molecule has 1 amide bonds. The van der Waals surface area contributed by atoms with Gasteiger partial charge in [0.2, 0.25) is 0 Å². The number of aromatic hydroxyl groups is 1. The zero-order valence-corrected chi connectivity index (χ0v) is 21.7. The van der Waals surface area contributed by atoms with Crippen molar-refractivity contribution in [1.29, 1.82) is 0 Å². The van der Waals surface area contributed by atoms with Crippen LogP contribution in [-0.4, -0.2) is 31.1 Å². The molecule has 0 aromatic heterocycles. The first-order valence-corrected chi connectivity index (χ1v) is 12.8. The van der Waals surface area contributed by atoms with Crippen molar-refractivity contribution in [2.45, 2.75) is 11.8 Å². The first kappa shape index (κ1) is 26.4. The van der Waals surface area contributed by atoms with Crippen LogP contribution in [0.25, 0.3) is 10.8 Å². The number of phenols is 1. The maximum atomic E-state index is 13.1. The number of hydrogen-bond donors (Lipinski definition) is 3. The molecule has 3 N–H and O–H groups in total. The highest BCUT2D eigenvalue weighted by atomic mass is 35.5. The summed E-state index contributed by atoms with van der Waals surface area (Å²) in [6.45, 7) is 1.44. The molecule has 0 aliphatic rings. The summed E-state index contributed by atoms with van der Waals surface area (Å²) in [5.41, 5.74) is 0.0903. The van der Waals surface area contributed by atoms with Gasteiger partial charge in [-0.1, -0.05) is 47.5 Å². The summed E-state index contributed by atoms with van der Waals surface area (Å²) in [5.74, 6) is -0.794. The minimum Gasteiger partial charge on any atom is -0.505 e. The number of fused-ring (bicyclic) bond motifs is 1. The van der Waals surface area contributed by atoms with Gasteiger partial charge in [-0.25, -0.2) is 0 Å². The third kappa shape index (κ3) is 5.52. The van der Waals surface area contributed by atoms with Crippen LogP contribution in [0.2, 0.25) is 10.0 Å². The fraction of sp³-hybridized carbons (Fsp3) is 0.0800. The number of rotatable bonds is 6. The molecule has 0 bridgehead atoms. The van der Waals surface area contributed by atoms with E-state index in [0.717, 1.165) is 0 Å². The maximum Gasteiger partial charge on any atom is 0.297 e. The third-order valence-electron chi connectivity index (χ3n) is 5.38. The van der Waals surface area contributed by atoms with Crippen LogP contribution in [0.15, 0.2) is 75.8 Å². The number of phenolic OH excluding ortho intramolecular Hbond substituents is 1. The predicted molar refractivity (Wildman–Crippen MR) is 142 cm³/mol. The number of nitrogens with zero attached hydrogens (tertiary/aromatic N) is 2. The molecule has 9 nitrogen and oxygen atoms in total. The van der Waals surface area contributed by atoms with Gasteiger partial charge in [0, 0.05) is 22.2 Å². The molecule has 0 saturated heterocycles. The molecule has 37 heavy (non-hydrogen) atoms. The molecule has 0 saturated carbocycles. The fourth-order valence-electron chi connectivity index (χ4n) is 3.75. The van der Waals surface area contributed by atoms with E-state index in [-0.39, 0.29) is 27.5 Å². The quantitative estimate of drug-likeness (QED) is 0.170. The molecule has 0 atom stereocenters. The maximum absolute atomic E-state index is 13.1. The Labute approximate surface area is 222 Å². The SMILES string of the molecule is COc1cc(NC(=O)c2cc3ccccc3c(N=Nc3cc(Cl)cc(C)c3S(=O)(=O)O)c2O)ccc1Cl. The number of carbonyl (C=O) groups is 1. The zero-order chi connectivity index (χ0) is 26.9. The molecule has 0 fully saturated rings. The molecule has 4 rings (SSSR count). The zero-order valence-electron chi connectivity index (χ0n) is 19.4. The average Bonchev–Trinajstić information content (AvgIpc) is 2.82. The molecule has 0 spiro atoms. The Morgan fingerprint density at radius 3 is 2.46 bits per heavy atom. The van der Waals surface area contributed by atoms with E-state index in [4.69, 9.17) is 27.9 Å². The normalized spacial score (nSPS) is 11.7. The van der Waals surface area contributed by atoms with Crippen LogP contribution in [0.1, 0.15) is 15.9 Å². The molecule has 4 aromatic rings. The second-order valence-electron chi connectivity index (χ2n) is 7.89. The van der Waals surface area contributed by atoms with Crippen molar-refractivity contribution in [3.8, 4) is 11.5 Å². The topological polar surface area (TPSA) is 138 Å². The van der Waals surface area contributed by atoms with E-state index >= 15 is 0 Å². The molecule has 12 heteroatoms. The van der Waals surface area contributed by atoms with E-state index in [1.165, 1.54) is 38.3 Å². The van der Waals surface area contributed by atoms with Crippen molar-refractivity contribution in [3.05, 3.63) is 81.8 Å². The lowest BCUT2D eigenvalue weighted by molar-refractivity contribution is 0.102. The largest absolute Gasteiger partial charge is 0.505 e. The number of hydrogen-bond acceptors (Lipinski definition) is 7. The van der Waals surface area contributed by atoms with Gasteiger partial charge in [-0.15, -0.1) is 10.2 Å². The van der Waals surface area contributed by atoms with Gasteiger partial charge in [-0.3, -0.25) is 9.35 Å². The van der Waals surface area contributed by atoms with Crippen LogP contribution < -0.4 is 10.1 Å². The van der Waals surface area contributed by atoms with Crippen LogP contribution in [0.5, 0.6) is 11.5 Å². The van der Waals surface area contributed by atoms with E-state index in [1.54, 1.807) is 36.4 Å². The van der Waals surface area contributed by atoms with Gasteiger partial charge >= 0.3 is 0 Å². The monoisotopic (exact) mass is 559 g/mol. The van der Waals surface area contributed by atoms with Crippen LogP contribution >= 0.6 is 23.2 Å². The fourth-order valence-corrected chi connectivity index (χ4v) is 5.05. The molecule has 4 aromatic carbocycles. The summed E-state index contributed by atoms with van der Waals surface area (Å²) in [7, 11) is -3.22. The lowest BCUT2D eigenvalue weighted by atomic mass is 10.0. The number of anilines is 1. The second-order valence-corrected chi connectivity index (χ2v) is 10.1. The van der Waals surface area contributed by atoms with Crippen molar-refractivity contribution < 1.29 is 27.6 Å². The highest BCUT2D eigenvalue weighted by molar-refractivity contribution is 7.86. The van der Waals surface area contributed by atoms with Gasteiger partial charge in [-0.05, 0) is 48.2 Å². The predicted octanol–water partition coefficient (Wildman–Crippen LogP) is 7.08. The molecule has 0 radical (unpaired) electrons. The number of aryl methyl sites for hydroxylation is 1. The van der Waals surface area contributed by atoms with Gasteiger partial charge < -0.3 is 15.2 Å². The summed E-state index contributed by atoms with van der Waals surface area (Å²) >= 11 is 12.1. The summed E-state index contributed by atoms with van der Waals surface area (Å²) in [6, 6.07) is 15.5. The van der Waals surface area contributed by atoms with E-state index in [9.17, 15) is 22.9 Å². The van der Waals surface area contributed by atoms with Crippen LogP contribution in [0.3, 0.4) is 0 Å². The van der Waals surface area contributed by atoms with E-state index < -0.39 is 26.7 Å². The number of halogens is 2. The van der Waals surface area contributed by atoms with Gasteiger partial charge in [0.15, 0.2) is 5.75 Å². The van der Waals surface area contributed by atoms with Crippen molar-refractivity contribution in [2.24, 2.45) is 10.2 Å². The van der Waals surface area contributed by atoms with Crippen LogP contribution in [0.4, 0.5) is 17.1 Å². The Balaban J connectivity index is 1.83. The Bertz CT molecular complexity index is 1690. The Hall–Kier alpha value is -3.70. The number of carbonyl (C=O) groups excluding carboxylic acids is 1. The molecule has 0 heterocycles. The van der Waals surface area contributed by atoms with Crippen LogP contribution in [0, 0.1) is 6.92 Å². The van der Waals surface area contributed by atoms with Gasteiger partial charge in [0.25, 0.3) is 16.0 Å². The number of ether oxygens (including phenoxy) is 1. The van der Waals surface area contributed by atoms with Gasteiger partial charge in [0.1, 0.15) is 22.0 Å². The highest BCUT2D eigenvalue weighted by Crippen LogP contribution is 2.41. The number of amides is 1. The summed E-state index contributed by atoms with van der Waals surface area (Å²) in [6.07, 6.45) is 0. The number of methoxy groups -OCH3 is 1. The lowest BCUT2D eigenvalue weighted by Crippen LogP contribution is -2.12. The van der Waals surface area contributed by atoms with Crippen molar-refractivity contribution in [2.75, 3.05) is 12.4 Å². The van der Waals surface area contributed by atoms with Crippen LogP contribution in [-0.2, 0) is 10.1 Å². The molecule has 0 aliphatic carbocycles. The van der Waals surface area contributed by atoms with Crippen molar-refractivity contribution in [1.82, 2.24) is 0 Å². The summed E-state index contributed by atoms with van der Waals surface area (Å²) in [5, 5.41) is 23.3. The minimum atomic E-state index is -4.66. The number of azo groups is 1. The lowest BCUT2D eigenvalue weighted by Gasteiger charge is -2.12. The Morgan fingerprint density at radius 2 is 1.76 bits per heavy atom. The smallest absolute Gasteiger partial charge is 0.297 e.